The first-order valence-corrected chi connectivity index (χ1v) is 19.4. The van der Waals surface area contributed by atoms with Gasteiger partial charge in [0.15, 0.2) is 46.0 Å². The fourth-order valence-electron chi connectivity index (χ4n) is 7.38. The first-order chi connectivity index (χ1) is 26.9. The molecule has 0 unspecified atom stereocenters. The van der Waals surface area contributed by atoms with E-state index in [1.54, 1.807) is 36.4 Å². The highest BCUT2D eigenvalue weighted by atomic mass is 16.3. The lowest BCUT2D eigenvalue weighted by molar-refractivity contribution is 0.203. The highest BCUT2D eigenvalue weighted by Crippen LogP contribution is 2.36. The second-order valence-electron chi connectivity index (χ2n) is 14.6. The molecule has 0 heterocycles. The summed E-state index contributed by atoms with van der Waals surface area (Å²) in [6.45, 7) is 0.324. The first kappa shape index (κ1) is 45.5. The highest BCUT2D eigenvalue weighted by molar-refractivity contribution is 5.43. The van der Waals surface area contributed by atoms with Crippen LogP contribution in [0.2, 0.25) is 0 Å². The molecule has 0 spiro atoms. The third-order valence-corrected chi connectivity index (χ3v) is 10.5. The molecule has 0 amide bonds. The summed E-state index contributed by atoms with van der Waals surface area (Å²) in [5.41, 5.74) is 3.52. The van der Waals surface area contributed by atoms with Crippen molar-refractivity contribution in [2.24, 2.45) is 23.7 Å². The molecule has 0 bridgehead atoms. The normalized spacial score (nSPS) is 13.4. The van der Waals surface area contributed by atoms with Gasteiger partial charge in [-0.05, 0) is 159 Å². The lowest BCUT2D eigenvalue weighted by Gasteiger charge is -2.27. The predicted octanol–water partition coefficient (Wildman–Crippen LogP) is 6.14. The van der Waals surface area contributed by atoms with Crippen LogP contribution in [-0.2, 0) is 25.7 Å². The van der Waals surface area contributed by atoms with Crippen molar-refractivity contribution in [3.63, 3.8) is 0 Å². The Bertz CT molecular complexity index is 1620. The number of benzene rings is 4. The summed E-state index contributed by atoms with van der Waals surface area (Å²) in [4.78, 5) is 0. The van der Waals surface area contributed by atoms with Crippen LogP contribution in [-0.4, -0.2) is 87.7 Å². The van der Waals surface area contributed by atoms with E-state index < -0.39 is 0 Å². The molecular formula is C44H60O12. The number of phenols is 8. The highest BCUT2D eigenvalue weighted by Gasteiger charge is 2.24. The van der Waals surface area contributed by atoms with E-state index in [-0.39, 0.29) is 96.1 Å². The average molecular weight is 781 g/mol. The third kappa shape index (κ3) is 15.0. The number of hydrogen-bond donors (Lipinski definition) is 12. The second-order valence-corrected chi connectivity index (χ2v) is 14.6. The molecule has 308 valence electrons. The van der Waals surface area contributed by atoms with Gasteiger partial charge in [-0.1, -0.05) is 37.1 Å². The summed E-state index contributed by atoms with van der Waals surface area (Å²) in [5, 5.41) is 115. The minimum Gasteiger partial charge on any atom is -0.504 e. The Kier molecular flexibility index (Phi) is 19.4. The van der Waals surface area contributed by atoms with Gasteiger partial charge in [-0.15, -0.1) is 0 Å². The lowest BCUT2D eigenvalue weighted by Crippen LogP contribution is -2.21. The van der Waals surface area contributed by atoms with Gasteiger partial charge >= 0.3 is 0 Å². The minimum atomic E-state index is -0.166. The van der Waals surface area contributed by atoms with Crippen LogP contribution in [0.3, 0.4) is 0 Å². The maximum Gasteiger partial charge on any atom is 0.157 e. The van der Waals surface area contributed by atoms with Gasteiger partial charge in [0.05, 0.1) is 0 Å². The molecule has 12 N–H and O–H groups in total. The average Bonchev–Trinajstić information content (AvgIpc) is 3.17. The van der Waals surface area contributed by atoms with Gasteiger partial charge in [-0.2, -0.15) is 0 Å². The molecule has 0 aliphatic carbocycles. The van der Waals surface area contributed by atoms with E-state index in [0.29, 0.717) is 51.4 Å². The standard InChI is InChI=1S/2C22H30O6/c2*23-9-2-1-3-17(11-15-4-6-19(25)21(27)13-15)18(8-10-24)12-16-5-7-20(26)22(28)14-16/h2*4-7,13-14,17-18,23-28H,1-3,8-12H2/t2*17-,18-/m10/s1. The van der Waals surface area contributed by atoms with Gasteiger partial charge < -0.3 is 61.3 Å². The summed E-state index contributed by atoms with van der Waals surface area (Å²) >= 11 is 0. The van der Waals surface area contributed by atoms with Crippen LogP contribution in [0, 0.1) is 23.7 Å². The van der Waals surface area contributed by atoms with Crippen LogP contribution in [0.4, 0.5) is 0 Å². The van der Waals surface area contributed by atoms with Crippen LogP contribution in [0.1, 0.15) is 73.6 Å². The van der Waals surface area contributed by atoms with Crippen molar-refractivity contribution in [3.05, 3.63) is 95.1 Å². The summed E-state index contributed by atoms with van der Waals surface area (Å²) in [7, 11) is 0. The number of hydrogen-bond acceptors (Lipinski definition) is 12. The van der Waals surface area contributed by atoms with Gasteiger partial charge in [-0.3, -0.25) is 0 Å². The number of aromatic hydroxyl groups is 8. The van der Waals surface area contributed by atoms with Gasteiger partial charge in [0, 0.05) is 26.4 Å². The molecule has 0 saturated carbocycles. The number of aliphatic hydroxyl groups is 4. The summed E-state index contributed by atoms with van der Waals surface area (Å²) < 4.78 is 0. The van der Waals surface area contributed by atoms with Crippen molar-refractivity contribution in [2.45, 2.75) is 77.0 Å². The molecule has 4 atom stereocenters. The molecule has 0 aliphatic rings. The summed E-state index contributed by atoms with van der Waals surface area (Å²) in [6.07, 6.45) is 8.50. The van der Waals surface area contributed by atoms with E-state index in [1.165, 1.54) is 36.4 Å². The van der Waals surface area contributed by atoms with E-state index in [4.69, 9.17) is 10.2 Å². The van der Waals surface area contributed by atoms with Crippen LogP contribution in [0.25, 0.3) is 0 Å². The first-order valence-electron chi connectivity index (χ1n) is 19.4. The molecule has 0 radical (unpaired) electrons. The SMILES string of the molecule is OCCCC[C@@H](Cc1ccc(O)c(O)c1)[C@@H](CCO)Cc1ccc(O)c(O)c1.OCCCC[C@H](Cc1ccc(O)c(O)c1)[C@H](CCO)Cc1ccc(O)c(O)c1. The molecule has 56 heavy (non-hydrogen) atoms. The van der Waals surface area contributed by atoms with E-state index in [1.807, 2.05) is 0 Å². The Labute approximate surface area is 328 Å². The third-order valence-electron chi connectivity index (χ3n) is 10.5. The van der Waals surface area contributed by atoms with Crippen molar-refractivity contribution in [1.82, 2.24) is 0 Å². The van der Waals surface area contributed by atoms with Gasteiger partial charge in [0.1, 0.15) is 0 Å². The predicted molar refractivity (Wildman–Crippen MR) is 213 cm³/mol. The van der Waals surface area contributed by atoms with Gasteiger partial charge in [0.2, 0.25) is 0 Å². The van der Waals surface area contributed by atoms with Crippen molar-refractivity contribution < 1.29 is 61.3 Å². The zero-order valence-electron chi connectivity index (χ0n) is 31.9. The molecule has 12 heteroatoms. The topological polar surface area (TPSA) is 243 Å². The maximum absolute atomic E-state index is 9.79. The lowest BCUT2D eigenvalue weighted by atomic mass is 9.78. The van der Waals surface area contributed by atoms with Crippen LogP contribution in [0.5, 0.6) is 46.0 Å². The van der Waals surface area contributed by atoms with E-state index in [9.17, 15) is 51.1 Å². The maximum atomic E-state index is 9.79. The zero-order valence-corrected chi connectivity index (χ0v) is 31.9. The second kappa shape index (κ2) is 23.9. The molecule has 4 aromatic rings. The van der Waals surface area contributed by atoms with Crippen LogP contribution < -0.4 is 0 Å². The Morgan fingerprint density at radius 3 is 0.750 bits per heavy atom. The molecule has 12 nitrogen and oxygen atoms in total. The minimum absolute atomic E-state index is 0.0338. The molecular weight excluding hydrogens is 720 g/mol. The fraction of sp³-hybridized carbons (Fsp3) is 0.455. The van der Waals surface area contributed by atoms with Crippen LogP contribution >= 0.6 is 0 Å². The number of unbranched alkanes of at least 4 members (excludes halogenated alkanes) is 2. The quantitative estimate of drug-likeness (QED) is 0.0318. The Balaban J connectivity index is 0.000000300. The smallest absolute Gasteiger partial charge is 0.157 e. The zero-order chi connectivity index (χ0) is 41.0. The molecule has 4 rings (SSSR count). The van der Waals surface area contributed by atoms with Gasteiger partial charge in [-0.25, -0.2) is 0 Å². The Morgan fingerprint density at radius 1 is 0.286 bits per heavy atom. The largest absolute Gasteiger partial charge is 0.504 e. The number of phenolic OH excluding ortho intramolecular Hbond substituents is 8. The number of aliphatic hydroxyl groups excluding tert-OH is 4. The van der Waals surface area contributed by atoms with Crippen molar-refractivity contribution in [2.75, 3.05) is 26.4 Å². The molecule has 0 aliphatic heterocycles. The van der Waals surface area contributed by atoms with E-state index >= 15 is 0 Å². The van der Waals surface area contributed by atoms with Crippen molar-refractivity contribution in [3.8, 4) is 46.0 Å². The van der Waals surface area contributed by atoms with Gasteiger partial charge in [0.25, 0.3) is 0 Å². The summed E-state index contributed by atoms with van der Waals surface area (Å²) in [6, 6.07) is 19.1. The van der Waals surface area contributed by atoms with Crippen molar-refractivity contribution in [1.29, 1.82) is 0 Å². The number of rotatable bonds is 22. The molecule has 4 aromatic carbocycles. The Morgan fingerprint density at radius 2 is 0.536 bits per heavy atom. The van der Waals surface area contributed by atoms with E-state index in [0.717, 1.165) is 47.9 Å². The van der Waals surface area contributed by atoms with Crippen molar-refractivity contribution >= 4 is 0 Å². The Hall–Kier alpha value is -4.88. The van der Waals surface area contributed by atoms with Crippen LogP contribution in [0.15, 0.2) is 72.8 Å². The van der Waals surface area contributed by atoms with E-state index in [2.05, 4.69) is 0 Å². The fourth-order valence-corrected chi connectivity index (χ4v) is 7.38. The summed E-state index contributed by atoms with van der Waals surface area (Å²) in [5.74, 6) is -0.713. The molecule has 0 fully saturated rings. The molecule has 0 aromatic heterocycles. The monoisotopic (exact) mass is 780 g/mol. The molecule has 0 saturated heterocycles.